The van der Waals surface area contributed by atoms with Crippen LogP contribution in [-0.4, -0.2) is 48.9 Å². The first kappa shape index (κ1) is 30.8. The van der Waals surface area contributed by atoms with Crippen LogP contribution in [0.4, 0.5) is 18.9 Å². The standard InChI is InChI=1S/C28H33F3N6O5/c29-28(30,31)42-23-5-3-4-20(14-23)17-32-27(41)24-18-37(35-34-24)12-2-1-11-36-13-10-21(16-26(36)40)33-25(39)15-19-6-8-22(38)9-7-19/h3-5,10,13-14,16,18-19,22,38H,1-2,6-9,11-12,15,17H2,(H,32,41)(H,33,39). The number of alkyl halides is 3. The quantitative estimate of drug-likeness (QED) is 0.274. The number of pyridine rings is 1. The molecule has 2 aromatic heterocycles. The summed E-state index contributed by atoms with van der Waals surface area (Å²) in [6.45, 7) is 0.887. The van der Waals surface area contributed by atoms with E-state index in [0.717, 1.165) is 12.8 Å². The zero-order valence-electron chi connectivity index (χ0n) is 22.8. The van der Waals surface area contributed by atoms with Crippen LogP contribution < -0.4 is 20.9 Å². The molecule has 4 rings (SSSR count). The summed E-state index contributed by atoms with van der Waals surface area (Å²) >= 11 is 0. The van der Waals surface area contributed by atoms with Gasteiger partial charge in [0.2, 0.25) is 5.91 Å². The molecule has 42 heavy (non-hydrogen) atoms. The van der Waals surface area contributed by atoms with Gasteiger partial charge in [0.15, 0.2) is 5.69 Å². The summed E-state index contributed by atoms with van der Waals surface area (Å²) < 4.78 is 44.2. The largest absolute Gasteiger partial charge is 0.573 e. The summed E-state index contributed by atoms with van der Waals surface area (Å²) in [7, 11) is 0. The van der Waals surface area contributed by atoms with Gasteiger partial charge in [0.25, 0.3) is 11.5 Å². The zero-order valence-corrected chi connectivity index (χ0v) is 22.8. The van der Waals surface area contributed by atoms with Crippen molar-refractivity contribution >= 4 is 17.5 Å². The van der Waals surface area contributed by atoms with E-state index in [4.69, 9.17) is 0 Å². The third kappa shape index (κ3) is 9.72. The van der Waals surface area contributed by atoms with E-state index in [2.05, 4.69) is 25.7 Å². The van der Waals surface area contributed by atoms with Crippen LogP contribution in [-0.2, 0) is 24.4 Å². The number of ether oxygens (including phenoxy) is 1. The Morgan fingerprint density at radius 1 is 1.07 bits per heavy atom. The molecule has 0 atom stereocenters. The number of carbonyl (C=O) groups excluding carboxylic acids is 2. The van der Waals surface area contributed by atoms with Crippen LogP contribution in [0, 0.1) is 5.92 Å². The van der Waals surface area contributed by atoms with Crippen LogP contribution in [0.25, 0.3) is 0 Å². The molecule has 0 radical (unpaired) electrons. The molecule has 1 fully saturated rings. The second-order valence-corrected chi connectivity index (χ2v) is 10.3. The lowest BCUT2D eigenvalue weighted by atomic mass is 9.85. The number of unbranched alkanes of at least 4 members (excludes halogenated alkanes) is 1. The molecule has 3 aromatic rings. The summed E-state index contributed by atoms with van der Waals surface area (Å²) in [4.78, 5) is 37.2. The van der Waals surface area contributed by atoms with Gasteiger partial charge in [0, 0.05) is 44.0 Å². The van der Waals surface area contributed by atoms with Crippen molar-refractivity contribution in [2.75, 3.05) is 5.32 Å². The lowest BCUT2D eigenvalue weighted by Gasteiger charge is -2.24. The number of amides is 2. The third-order valence-corrected chi connectivity index (χ3v) is 6.96. The number of anilines is 1. The number of aryl methyl sites for hydroxylation is 2. The number of aliphatic hydroxyl groups excluding tert-OH is 1. The van der Waals surface area contributed by atoms with Crippen molar-refractivity contribution in [3.63, 3.8) is 0 Å². The summed E-state index contributed by atoms with van der Waals surface area (Å²) in [6.07, 6.45) is 2.78. The Hall–Kier alpha value is -4.20. The van der Waals surface area contributed by atoms with Gasteiger partial charge in [-0.3, -0.25) is 19.1 Å². The Morgan fingerprint density at radius 3 is 2.57 bits per heavy atom. The van der Waals surface area contributed by atoms with E-state index < -0.39 is 12.3 Å². The highest BCUT2D eigenvalue weighted by molar-refractivity contribution is 5.92. The van der Waals surface area contributed by atoms with Gasteiger partial charge in [-0.05, 0) is 68.2 Å². The number of benzene rings is 1. The van der Waals surface area contributed by atoms with Gasteiger partial charge in [-0.2, -0.15) is 0 Å². The molecule has 1 aromatic carbocycles. The van der Waals surface area contributed by atoms with Gasteiger partial charge in [-0.15, -0.1) is 18.3 Å². The molecule has 11 nitrogen and oxygen atoms in total. The minimum absolute atomic E-state index is 0.0243. The van der Waals surface area contributed by atoms with Gasteiger partial charge in [-0.1, -0.05) is 17.3 Å². The number of aromatic nitrogens is 4. The van der Waals surface area contributed by atoms with Crippen LogP contribution in [0.2, 0.25) is 0 Å². The number of carbonyl (C=O) groups is 2. The number of nitrogens with zero attached hydrogens (tertiary/aromatic N) is 4. The van der Waals surface area contributed by atoms with Gasteiger partial charge >= 0.3 is 6.36 Å². The molecule has 1 aliphatic rings. The second kappa shape index (κ2) is 14.1. The van der Waals surface area contributed by atoms with Crippen molar-refractivity contribution in [3.8, 4) is 5.75 Å². The molecule has 2 amide bonds. The lowest BCUT2D eigenvalue weighted by Crippen LogP contribution is -2.24. The van der Waals surface area contributed by atoms with E-state index in [9.17, 15) is 32.7 Å². The van der Waals surface area contributed by atoms with Crippen LogP contribution in [0.1, 0.15) is 61.0 Å². The SMILES string of the molecule is O=C(CC1CCC(O)CC1)Nc1ccn(CCCCn2cc(C(=O)NCc3cccc(OC(F)(F)F)c3)nn2)c(=O)c1. The van der Waals surface area contributed by atoms with Gasteiger partial charge in [0.05, 0.1) is 12.3 Å². The van der Waals surface area contributed by atoms with Crippen LogP contribution >= 0.6 is 0 Å². The fourth-order valence-electron chi connectivity index (χ4n) is 4.79. The van der Waals surface area contributed by atoms with Gasteiger partial charge < -0.3 is 25.0 Å². The molecule has 3 N–H and O–H groups in total. The first-order valence-corrected chi connectivity index (χ1v) is 13.8. The average molecular weight is 591 g/mol. The minimum atomic E-state index is -4.80. The molecular formula is C28H33F3N6O5. The molecule has 2 heterocycles. The number of hydrogen-bond donors (Lipinski definition) is 3. The fourth-order valence-corrected chi connectivity index (χ4v) is 4.79. The Labute approximate surface area is 239 Å². The normalized spacial score (nSPS) is 17.0. The predicted molar refractivity (Wildman–Crippen MR) is 145 cm³/mol. The molecule has 0 unspecified atom stereocenters. The number of halogens is 3. The lowest BCUT2D eigenvalue weighted by molar-refractivity contribution is -0.274. The first-order valence-electron chi connectivity index (χ1n) is 13.8. The number of hydrogen-bond acceptors (Lipinski definition) is 7. The maximum Gasteiger partial charge on any atom is 0.573 e. The van der Waals surface area contributed by atoms with Crippen molar-refractivity contribution in [2.24, 2.45) is 5.92 Å². The molecule has 14 heteroatoms. The highest BCUT2D eigenvalue weighted by Crippen LogP contribution is 2.27. The Balaban J connectivity index is 1.17. The first-order chi connectivity index (χ1) is 20.0. The monoisotopic (exact) mass is 590 g/mol. The molecule has 0 spiro atoms. The molecular weight excluding hydrogens is 557 g/mol. The average Bonchev–Trinajstić information content (AvgIpc) is 3.40. The topological polar surface area (TPSA) is 140 Å². The highest BCUT2D eigenvalue weighted by Gasteiger charge is 2.31. The van der Waals surface area contributed by atoms with Crippen LogP contribution in [0.5, 0.6) is 5.75 Å². The Kier molecular flexibility index (Phi) is 10.3. The number of rotatable bonds is 12. The van der Waals surface area contributed by atoms with Crippen LogP contribution in [0.3, 0.4) is 0 Å². The maximum absolute atomic E-state index is 12.5. The summed E-state index contributed by atoms with van der Waals surface area (Å²) in [5, 5.41) is 22.8. The van der Waals surface area contributed by atoms with Gasteiger partial charge in [-0.25, -0.2) is 0 Å². The van der Waals surface area contributed by atoms with E-state index in [1.165, 1.54) is 35.1 Å². The predicted octanol–water partition coefficient (Wildman–Crippen LogP) is 3.63. The molecule has 0 saturated heterocycles. The highest BCUT2D eigenvalue weighted by atomic mass is 19.4. The van der Waals surface area contributed by atoms with E-state index in [1.807, 2.05) is 0 Å². The fraction of sp³-hybridized carbons (Fsp3) is 0.464. The molecule has 0 aliphatic heterocycles. The van der Waals surface area contributed by atoms with Crippen molar-refractivity contribution in [1.29, 1.82) is 0 Å². The number of aliphatic hydroxyl groups is 1. The molecule has 0 bridgehead atoms. The summed E-state index contributed by atoms with van der Waals surface area (Å²) in [5.74, 6) is -0.797. The zero-order chi connectivity index (χ0) is 30.1. The van der Waals surface area contributed by atoms with Crippen molar-refractivity contribution in [3.05, 3.63) is 70.4 Å². The Morgan fingerprint density at radius 2 is 1.83 bits per heavy atom. The van der Waals surface area contributed by atoms with E-state index in [-0.39, 0.29) is 41.5 Å². The maximum atomic E-state index is 12.5. The molecule has 226 valence electrons. The van der Waals surface area contributed by atoms with Crippen molar-refractivity contribution < 1.29 is 32.6 Å². The van der Waals surface area contributed by atoms with Crippen molar-refractivity contribution in [1.82, 2.24) is 24.9 Å². The molecule has 1 aliphatic carbocycles. The second-order valence-electron chi connectivity index (χ2n) is 10.3. The summed E-state index contributed by atoms with van der Waals surface area (Å²) in [5.41, 5.74) is 0.702. The minimum Gasteiger partial charge on any atom is -0.406 e. The van der Waals surface area contributed by atoms with Crippen LogP contribution in [0.15, 0.2) is 53.6 Å². The van der Waals surface area contributed by atoms with E-state index in [1.54, 1.807) is 22.9 Å². The van der Waals surface area contributed by atoms with E-state index in [0.29, 0.717) is 56.4 Å². The third-order valence-electron chi connectivity index (χ3n) is 6.96. The molecule has 1 saturated carbocycles. The van der Waals surface area contributed by atoms with E-state index >= 15 is 0 Å². The number of nitrogens with one attached hydrogen (secondary N) is 2. The Bertz CT molecular complexity index is 1420. The summed E-state index contributed by atoms with van der Waals surface area (Å²) in [6, 6.07) is 8.39. The van der Waals surface area contributed by atoms with Crippen molar-refractivity contribution in [2.45, 2.75) is 77.0 Å². The van der Waals surface area contributed by atoms with Gasteiger partial charge in [0.1, 0.15) is 5.75 Å². The smallest absolute Gasteiger partial charge is 0.406 e.